The first-order chi connectivity index (χ1) is 8.69. The second kappa shape index (κ2) is 5.60. The highest BCUT2D eigenvalue weighted by molar-refractivity contribution is 5.92. The molecule has 0 unspecified atom stereocenters. The minimum absolute atomic E-state index is 0.162. The molecule has 1 saturated heterocycles. The quantitative estimate of drug-likeness (QED) is 0.731. The molecule has 1 fully saturated rings. The van der Waals surface area contributed by atoms with Crippen LogP contribution in [0.15, 0.2) is 6.20 Å². The highest BCUT2D eigenvalue weighted by Crippen LogP contribution is 2.10. The molecule has 0 saturated carbocycles. The lowest BCUT2D eigenvalue weighted by molar-refractivity contribution is 0.0909. The Hall–Kier alpha value is -1.94. The molecule has 96 valence electrons. The van der Waals surface area contributed by atoms with Gasteiger partial charge in [-0.2, -0.15) is 5.26 Å². The van der Waals surface area contributed by atoms with Crippen molar-refractivity contribution in [2.45, 2.75) is 18.9 Å². The zero-order chi connectivity index (χ0) is 13.0. The van der Waals surface area contributed by atoms with Crippen LogP contribution in [0.25, 0.3) is 0 Å². The van der Waals surface area contributed by atoms with Gasteiger partial charge in [-0.1, -0.05) is 5.21 Å². The fourth-order valence-electron chi connectivity index (χ4n) is 2.05. The molecule has 1 aliphatic heterocycles. The maximum Gasteiger partial charge on any atom is 0.273 e. The predicted octanol–water partition coefficient (Wildman–Crippen LogP) is -0.467. The van der Waals surface area contributed by atoms with E-state index in [0.717, 1.165) is 25.9 Å². The Morgan fingerprint density at radius 1 is 1.61 bits per heavy atom. The van der Waals surface area contributed by atoms with Crippen molar-refractivity contribution >= 4 is 5.91 Å². The van der Waals surface area contributed by atoms with Gasteiger partial charge in [-0.15, -0.1) is 5.10 Å². The second-order valence-corrected chi connectivity index (χ2v) is 4.46. The molecule has 1 amide bonds. The second-order valence-electron chi connectivity index (χ2n) is 4.46. The van der Waals surface area contributed by atoms with E-state index in [-0.39, 0.29) is 11.9 Å². The smallest absolute Gasteiger partial charge is 0.273 e. The Labute approximate surface area is 105 Å². The van der Waals surface area contributed by atoms with Crippen molar-refractivity contribution in [1.29, 1.82) is 5.26 Å². The summed E-state index contributed by atoms with van der Waals surface area (Å²) in [6.45, 7) is 2.16. The molecule has 1 aromatic heterocycles. The Balaban J connectivity index is 1.81. The molecule has 0 aliphatic carbocycles. The van der Waals surface area contributed by atoms with Gasteiger partial charge in [-0.3, -0.25) is 14.4 Å². The standard InChI is InChI=1S/C11H16N6O/c1-16-8-10(14-15-16)11(18)13-9-2-5-17(6-3-9)7-4-12/h8-9H,2-3,5-7H2,1H3,(H,13,18). The summed E-state index contributed by atoms with van der Waals surface area (Å²) in [5.74, 6) is -0.179. The average Bonchev–Trinajstić information content (AvgIpc) is 2.79. The number of carbonyl (C=O) groups is 1. The molecule has 7 heteroatoms. The highest BCUT2D eigenvalue weighted by atomic mass is 16.2. The van der Waals surface area contributed by atoms with Crippen molar-refractivity contribution in [3.8, 4) is 6.07 Å². The lowest BCUT2D eigenvalue weighted by Crippen LogP contribution is -2.44. The van der Waals surface area contributed by atoms with Crippen molar-refractivity contribution in [1.82, 2.24) is 25.2 Å². The number of hydrogen-bond donors (Lipinski definition) is 1. The largest absolute Gasteiger partial charge is 0.348 e. The molecule has 7 nitrogen and oxygen atoms in total. The number of nitrogens with zero attached hydrogens (tertiary/aromatic N) is 5. The first-order valence-electron chi connectivity index (χ1n) is 5.95. The van der Waals surface area contributed by atoms with Gasteiger partial charge in [0, 0.05) is 26.2 Å². The van der Waals surface area contributed by atoms with Crippen LogP contribution in [0, 0.1) is 11.3 Å². The third-order valence-electron chi connectivity index (χ3n) is 3.05. The molecule has 0 spiro atoms. The number of nitriles is 1. The molecule has 2 rings (SSSR count). The molecule has 1 aromatic rings. The summed E-state index contributed by atoms with van der Waals surface area (Å²) in [7, 11) is 1.73. The van der Waals surface area contributed by atoms with E-state index >= 15 is 0 Å². The van der Waals surface area contributed by atoms with Gasteiger partial charge in [-0.05, 0) is 12.8 Å². The maximum absolute atomic E-state index is 11.8. The zero-order valence-electron chi connectivity index (χ0n) is 10.3. The van der Waals surface area contributed by atoms with Gasteiger partial charge < -0.3 is 5.32 Å². The predicted molar refractivity (Wildman–Crippen MR) is 63.5 cm³/mol. The fourth-order valence-corrected chi connectivity index (χ4v) is 2.05. The van der Waals surface area contributed by atoms with Crippen LogP contribution in [0.1, 0.15) is 23.3 Å². The molecular weight excluding hydrogens is 232 g/mol. The minimum atomic E-state index is -0.179. The lowest BCUT2D eigenvalue weighted by atomic mass is 10.1. The highest BCUT2D eigenvalue weighted by Gasteiger charge is 2.21. The number of carbonyl (C=O) groups excluding carboxylic acids is 1. The van der Waals surface area contributed by atoms with Gasteiger partial charge >= 0.3 is 0 Å². The van der Waals surface area contributed by atoms with Gasteiger partial charge in [-0.25, -0.2) is 0 Å². The molecule has 2 heterocycles. The van der Waals surface area contributed by atoms with Gasteiger partial charge in [0.2, 0.25) is 0 Å². The Morgan fingerprint density at radius 2 is 2.33 bits per heavy atom. The molecule has 1 N–H and O–H groups in total. The van der Waals surface area contributed by atoms with E-state index in [1.54, 1.807) is 13.2 Å². The van der Waals surface area contributed by atoms with Gasteiger partial charge in [0.05, 0.1) is 18.8 Å². The number of aromatic nitrogens is 3. The summed E-state index contributed by atoms with van der Waals surface area (Å²) in [6, 6.07) is 2.30. The van der Waals surface area contributed by atoms with Crippen LogP contribution in [0.4, 0.5) is 0 Å². The number of nitrogens with one attached hydrogen (secondary N) is 1. The van der Waals surface area contributed by atoms with Gasteiger partial charge in [0.15, 0.2) is 5.69 Å². The van der Waals surface area contributed by atoms with Crippen LogP contribution in [-0.2, 0) is 7.05 Å². The first-order valence-corrected chi connectivity index (χ1v) is 5.95. The Kier molecular flexibility index (Phi) is 3.89. The van der Waals surface area contributed by atoms with E-state index < -0.39 is 0 Å². The van der Waals surface area contributed by atoms with E-state index in [1.165, 1.54) is 4.68 Å². The number of hydrogen-bond acceptors (Lipinski definition) is 5. The normalized spacial score (nSPS) is 17.3. The third-order valence-corrected chi connectivity index (χ3v) is 3.05. The summed E-state index contributed by atoms with van der Waals surface area (Å²) < 4.78 is 1.50. The van der Waals surface area contributed by atoms with Crippen LogP contribution >= 0.6 is 0 Å². The number of amides is 1. The topological polar surface area (TPSA) is 86.8 Å². The fraction of sp³-hybridized carbons (Fsp3) is 0.636. The van der Waals surface area contributed by atoms with Crippen LogP contribution in [0.2, 0.25) is 0 Å². The molecule has 0 radical (unpaired) electrons. The van der Waals surface area contributed by atoms with Gasteiger partial charge in [0.25, 0.3) is 5.91 Å². The summed E-state index contributed by atoms with van der Waals surface area (Å²) in [6.07, 6.45) is 3.33. The monoisotopic (exact) mass is 248 g/mol. The average molecular weight is 248 g/mol. The SMILES string of the molecule is Cn1cc(C(=O)NC2CCN(CC#N)CC2)nn1. The maximum atomic E-state index is 11.8. The number of aryl methyl sites for hydroxylation is 1. The van der Waals surface area contributed by atoms with E-state index in [1.807, 2.05) is 0 Å². The summed E-state index contributed by atoms with van der Waals surface area (Å²) in [4.78, 5) is 13.9. The van der Waals surface area contributed by atoms with E-state index in [0.29, 0.717) is 12.2 Å². The Bertz CT molecular complexity index is 454. The van der Waals surface area contributed by atoms with Crippen LogP contribution < -0.4 is 5.32 Å². The zero-order valence-corrected chi connectivity index (χ0v) is 10.3. The van der Waals surface area contributed by atoms with E-state index in [2.05, 4.69) is 26.6 Å². The molecule has 18 heavy (non-hydrogen) atoms. The number of piperidine rings is 1. The van der Waals surface area contributed by atoms with Crippen LogP contribution in [0.5, 0.6) is 0 Å². The van der Waals surface area contributed by atoms with E-state index in [4.69, 9.17) is 5.26 Å². The first kappa shape index (κ1) is 12.5. The van der Waals surface area contributed by atoms with Crippen molar-refractivity contribution in [2.75, 3.05) is 19.6 Å². The van der Waals surface area contributed by atoms with Crippen molar-refractivity contribution in [3.63, 3.8) is 0 Å². The van der Waals surface area contributed by atoms with Gasteiger partial charge in [0.1, 0.15) is 0 Å². The van der Waals surface area contributed by atoms with Crippen LogP contribution in [0.3, 0.4) is 0 Å². The van der Waals surface area contributed by atoms with Crippen LogP contribution in [-0.4, -0.2) is 51.5 Å². The molecule has 1 aliphatic rings. The Morgan fingerprint density at radius 3 is 2.89 bits per heavy atom. The minimum Gasteiger partial charge on any atom is -0.348 e. The molecule has 0 atom stereocenters. The summed E-state index contributed by atoms with van der Waals surface area (Å²) in [5.41, 5.74) is 0.344. The lowest BCUT2D eigenvalue weighted by Gasteiger charge is -2.30. The molecular formula is C11H16N6O. The summed E-state index contributed by atoms with van der Waals surface area (Å²) >= 11 is 0. The third kappa shape index (κ3) is 3.05. The van der Waals surface area contributed by atoms with E-state index in [9.17, 15) is 4.79 Å². The number of rotatable bonds is 3. The number of likely N-dealkylation sites (tertiary alicyclic amines) is 1. The summed E-state index contributed by atoms with van der Waals surface area (Å²) in [5, 5.41) is 19.1. The molecule has 0 aromatic carbocycles. The van der Waals surface area contributed by atoms with Crippen molar-refractivity contribution in [2.24, 2.45) is 7.05 Å². The molecule has 0 bridgehead atoms. The van der Waals surface area contributed by atoms with Crippen molar-refractivity contribution < 1.29 is 4.79 Å². The van der Waals surface area contributed by atoms with Crippen molar-refractivity contribution in [3.05, 3.63) is 11.9 Å².